The van der Waals surface area contributed by atoms with Gasteiger partial charge in [0.2, 0.25) is 0 Å². The van der Waals surface area contributed by atoms with Crippen molar-refractivity contribution in [1.29, 1.82) is 0 Å². The van der Waals surface area contributed by atoms with Gasteiger partial charge in [0.05, 0.1) is 5.69 Å². The highest BCUT2D eigenvalue weighted by atomic mass is 32.1. The van der Waals surface area contributed by atoms with Crippen molar-refractivity contribution in [1.82, 2.24) is 4.98 Å². The van der Waals surface area contributed by atoms with Gasteiger partial charge in [0.1, 0.15) is 0 Å². The minimum Gasteiger partial charge on any atom is -0.595 e. The van der Waals surface area contributed by atoms with Crippen LogP contribution in [0.15, 0.2) is 42.6 Å². The van der Waals surface area contributed by atoms with Crippen molar-refractivity contribution in [3.63, 3.8) is 0 Å². The summed E-state index contributed by atoms with van der Waals surface area (Å²) in [4.78, 5) is 5.47. The number of pyridine rings is 1. The van der Waals surface area contributed by atoms with Crippen LogP contribution < -0.4 is 5.23 Å². The lowest BCUT2D eigenvalue weighted by Gasteiger charge is -2.12. The van der Waals surface area contributed by atoms with E-state index in [2.05, 4.69) is 11.1 Å². The van der Waals surface area contributed by atoms with Crippen LogP contribution in [-0.2, 0) is 0 Å². The van der Waals surface area contributed by atoms with E-state index in [4.69, 9.17) is 5.21 Å². The molecule has 5 heteroatoms. The Hall–Kier alpha value is -1.79. The Morgan fingerprint density at radius 1 is 1.26 bits per heavy atom. The van der Waals surface area contributed by atoms with Gasteiger partial charge < -0.3 is 5.21 Å². The molecule has 19 heavy (non-hydrogen) atoms. The second kappa shape index (κ2) is 4.71. The zero-order valence-electron chi connectivity index (χ0n) is 10.3. The lowest BCUT2D eigenvalue weighted by Crippen LogP contribution is -2.99. The van der Waals surface area contributed by atoms with Gasteiger partial charge in [-0.15, -0.1) is 11.3 Å². The van der Waals surface area contributed by atoms with Gasteiger partial charge in [-0.05, 0) is 13.0 Å². The van der Waals surface area contributed by atoms with Crippen molar-refractivity contribution in [3.8, 4) is 11.3 Å². The summed E-state index contributed by atoms with van der Waals surface area (Å²) < 4.78 is 1.19. The topological polar surface area (TPSA) is 60.6 Å². The lowest BCUT2D eigenvalue weighted by atomic mass is 10.1. The summed E-state index contributed by atoms with van der Waals surface area (Å²) in [6.45, 7) is 2.04. The maximum absolute atomic E-state index is 11.0. The van der Waals surface area contributed by atoms with E-state index in [-0.39, 0.29) is 5.69 Å². The SMILES string of the molecule is Cc1sc2ccccc2c1-c1cc([NH+]([O-])O)ccn1. The van der Waals surface area contributed by atoms with Crippen molar-refractivity contribution >= 4 is 27.1 Å². The fourth-order valence-corrected chi connectivity index (χ4v) is 3.26. The molecule has 1 aromatic carbocycles. The molecule has 0 radical (unpaired) electrons. The molecule has 0 fully saturated rings. The summed E-state index contributed by atoms with van der Waals surface area (Å²) in [5, 5.41) is 20.3. The number of nitrogens with zero attached hydrogens (tertiary/aromatic N) is 1. The molecule has 1 unspecified atom stereocenters. The molecule has 2 N–H and O–H groups in total. The summed E-state index contributed by atoms with van der Waals surface area (Å²) in [7, 11) is 0. The molecule has 0 saturated heterocycles. The van der Waals surface area contributed by atoms with E-state index in [0.29, 0.717) is 0 Å². The molecule has 3 rings (SSSR count). The number of aromatic nitrogens is 1. The number of thiophene rings is 1. The van der Waals surface area contributed by atoms with E-state index in [0.717, 1.165) is 21.5 Å². The minimum atomic E-state index is -0.930. The number of hydrogen-bond donors (Lipinski definition) is 2. The Balaban J connectivity index is 2.24. The van der Waals surface area contributed by atoms with Crippen LogP contribution in [0.3, 0.4) is 0 Å². The van der Waals surface area contributed by atoms with Crippen LogP contribution in [0.5, 0.6) is 0 Å². The Kier molecular flexibility index (Phi) is 3.04. The number of benzene rings is 1. The fourth-order valence-electron chi connectivity index (χ4n) is 2.19. The Morgan fingerprint density at radius 2 is 2.05 bits per heavy atom. The summed E-state index contributed by atoms with van der Waals surface area (Å²) >= 11 is 1.70. The van der Waals surface area contributed by atoms with E-state index >= 15 is 0 Å². The lowest BCUT2D eigenvalue weighted by molar-refractivity contribution is -0.991. The molecular weight excluding hydrogens is 260 g/mol. The van der Waals surface area contributed by atoms with E-state index in [1.165, 1.54) is 10.8 Å². The van der Waals surface area contributed by atoms with Gasteiger partial charge in [-0.3, -0.25) is 4.98 Å². The molecule has 2 aromatic heterocycles. The molecule has 0 aliphatic rings. The summed E-state index contributed by atoms with van der Waals surface area (Å²) in [6, 6.07) is 11.2. The summed E-state index contributed by atoms with van der Waals surface area (Å²) in [5.41, 5.74) is 2.01. The van der Waals surface area contributed by atoms with E-state index in [9.17, 15) is 5.21 Å². The van der Waals surface area contributed by atoms with Crippen molar-refractivity contribution < 1.29 is 10.4 Å². The first-order valence-corrected chi connectivity index (χ1v) is 6.66. The molecule has 96 valence electrons. The molecule has 2 heterocycles. The van der Waals surface area contributed by atoms with E-state index in [1.807, 2.05) is 25.1 Å². The molecule has 4 nitrogen and oxygen atoms in total. The molecule has 0 aliphatic carbocycles. The largest absolute Gasteiger partial charge is 0.595 e. The normalized spacial score (nSPS) is 12.8. The molecule has 3 aromatic rings. The summed E-state index contributed by atoms with van der Waals surface area (Å²) in [5.74, 6) is 0. The van der Waals surface area contributed by atoms with Gasteiger partial charge in [0.15, 0.2) is 5.69 Å². The molecule has 0 bridgehead atoms. The first-order chi connectivity index (χ1) is 9.16. The first kappa shape index (κ1) is 12.3. The van der Waals surface area contributed by atoms with Gasteiger partial charge in [0.25, 0.3) is 0 Å². The van der Waals surface area contributed by atoms with Crippen molar-refractivity contribution in [3.05, 3.63) is 52.7 Å². The average molecular weight is 272 g/mol. The molecule has 0 saturated carbocycles. The van der Waals surface area contributed by atoms with Crippen molar-refractivity contribution in [2.75, 3.05) is 0 Å². The van der Waals surface area contributed by atoms with Crippen molar-refractivity contribution in [2.45, 2.75) is 6.92 Å². The molecular formula is C14H12N2O2S. The number of fused-ring (bicyclic) bond motifs is 1. The maximum Gasteiger partial charge on any atom is 0.167 e. The zero-order valence-corrected chi connectivity index (χ0v) is 11.1. The molecule has 0 aliphatic heterocycles. The fraction of sp³-hybridized carbons (Fsp3) is 0.0714. The number of aryl methyl sites for hydroxylation is 1. The third-order valence-electron chi connectivity index (χ3n) is 3.03. The van der Waals surface area contributed by atoms with E-state index < -0.39 is 5.23 Å². The second-order valence-corrected chi connectivity index (χ2v) is 5.52. The number of nitrogens with one attached hydrogen (secondary N) is 1. The molecule has 0 spiro atoms. The van der Waals surface area contributed by atoms with Crippen LogP contribution in [0.4, 0.5) is 5.69 Å². The highest BCUT2D eigenvalue weighted by molar-refractivity contribution is 7.19. The predicted octanol–water partition coefficient (Wildman–Crippen LogP) is 2.68. The maximum atomic E-state index is 11.0. The Morgan fingerprint density at radius 3 is 2.84 bits per heavy atom. The highest BCUT2D eigenvalue weighted by Crippen LogP contribution is 2.37. The Bertz CT molecular complexity index is 737. The third kappa shape index (κ3) is 2.13. The van der Waals surface area contributed by atoms with E-state index in [1.54, 1.807) is 23.6 Å². The quantitative estimate of drug-likeness (QED) is 0.705. The minimum absolute atomic E-state index is 0.264. The van der Waals surface area contributed by atoms with Crippen LogP contribution >= 0.6 is 11.3 Å². The van der Waals surface area contributed by atoms with Gasteiger partial charge in [-0.2, -0.15) is 5.23 Å². The third-order valence-corrected chi connectivity index (χ3v) is 4.12. The van der Waals surface area contributed by atoms with Crippen molar-refractivity contribution in [2.24, 2.45) is 0 Å². The summed E-state index contributed by atoms with van der Waals surface area (Å²) in [6.07, 6.45) is 1.55. The number of rotatable bonds is 2. The average Bonchev–Trinajstić information content (AvgIpc) is 2.74. The van der Waals surface area contributed by atoms with Gasteiger partial charge in [-0.1, -0.05) is 18.2 Å². The van der Waals surface area contributed by atoms with Crippen LogP contribution in [0.2, 0.25) is 0 Å². The number of quaternary nitrogens is 1. The first-order valence-electron chi connectivity index (χ1n) is 5.84. The van der Waals surface area contributed by atoms with Gasteiger partial charge in [-0.25, -0.2) is 5.21 Å². The van der Waals surface area contributed by atoms with Gasteiger partial charge in [0, 0.05) is 38.9 Å². The predicted molar refractivity (Wildman–Crippen MR) is 75.6 cm³/mol. The second-order valence-electron chi connectivity index (χ2n) is 4.26. The highest BCUT2D eigenvalue weighted by Gasteiger charge is 2.13. The molecule has 1 atom stereocenters. The number of hydrogen-bond acceptors (Lipinski definition) is 4. The Labute approximate surface area is 114 Å². The van der Waals surface area contributed by atoms with Crippen LogP contribution in [0.1, 0.15) is 4.88 Å². The van der Waals surface area contributed by atoms with Crippen LogP contribution in [0.25, 0.3) is 21.3 Å². The standard InChI is InChI=1S/C14H12N2O2S/c1-9-14(11-4-2-3-5-13(11)19-9)12-8-10(16(17)18)6-7-15-12/h2-8,16-17H,1H3. The van der Waals surface area contributed by atoms with Crippen LogP contribution in [-0.4, -0.2) is 10.2 Å². The van der Waals surface area contributed by atoms with Crippen LogP contribution in [0, 0.1) is 12.1 Å². The molecule has 0 amide bonds. The zero-order chi connectivity index (χ0) is 13.4. The smallest absolute Gasteiger partial charge is 0.167 e. The van der Waals surface area contributed by atoms with Gasteiger partial charge >= 0.3 is 0 Å². The monoisotopic (exact) mass is 272 g/mol.